The van der Waals surface area contributed by atoms with Crippen LogP contribution in [0.25, 0.3) is 0 Å². The molecule has 0 atom stereocenters. The van der Waals surface area contributed by atoms with Crippen molar-refractivity contribution in [2.75, 3.05) is 6.61 Å². The highest BCUT2D eigenvalue weighted by Crippen LogP contribution is 2.17. The predicted molar refractivity (Wildman–Crippen MR) is 88.5 cm³/mol. The third kappa shape index (κ3) is 5.51. The van der Waals surface area contributed by atoms with Gasteiger partial charge in [0, 0.05) is 16.6 Å². The van der Waals surface area contributed by atoms with Crippen molar-refractivity contribution in [3.63, 3.8) is 0 Å². The van der Waals surface area contributed by atoms with Gasteiger partial charge in [0.15, 0.2) is 6.61 Å². The molecule has 8 heteroatoms. The number of hydrogen-bond acceptors (Lipinski definition) is 5. The van der Waals surface area contributed by atoms with E-state index in [9.17, 15) is 14.9 Å². The molecule has 2 rings (SSSR count). The van der Waals surface area contributed by atoms with Gasteiger partial charge in [-0.3, -0.25) is 14.9 Å². The van der Waals surface area contributed by atoms with Crippen LogP contribution >= 0.6 is 15.9 Å². The number of hydrazone groups is 1. The number of carbonyl (C=O) groups excluding carboxylic acids is 1. The van der Waals surface area contributed by atoms with Gasteiger partial charge >= 0.3 is 0 Å². The Morgan fingerprint density at radius 2 is 1.87 bits per heavy atom. The Hall–Kier alpha value is -2.74. The van der Waals surface area contributed by atoms with Gasteiger partial charge in [0.05, 0.1) is 11.1 Å². The first-order valence-corrected chi connectivity index (χ1v) is 7.28. The minimum absolute atomic E-state index is 0.0408. The zero-order valence-electron chi connectivity index (χ0n) is 11.8. The van der Waals surface area contributed by atoms with E-state index in [-0.39, 0.29) is 12.3 Å². The molecule has 0 bridgehead atoms. The summed E-state index contributed by atoms with van der Waals surface area (Å²) in [6.45, 7) is -0.241. The highest BCUT2D eigenvalue weighted by molar-refractivity contribution is 9.10. The van der Waals surface area contributed by atoms with E-state index >= 15 is 0 Å². The fourth-order valence-corrected chi connectivity index (χ4v) is 1.84. The van der Waals surface area contributed by atoms with E-state index in [0.29, 0.717) is 5.75 Å². The Bertz CT molecular complexity index is 715. The van der Waals surface area contributed by atoms with Gasteiger partial charge in [-0.2, -0.15) is 5.10 Å². The zero-order chi connectivity index (χ0) is 16.7. The first kappa shape index (κ1) is 16.6. The van der Waals surface area contributed by atoms with Crippen LogP contribution in [0.15, 0.2) is 58.1 Å². The Labute approximate surface area is 140 Å². The molecule has 2 aromatic rings. The Kier molecular flexibility index (Phi) is 5.81. The van der Waals surface area contributed by atoms with Gasteiger partial charge in [-0.05, 0) is 29.8 Å². The number of halogens is 1. The largest absolute Gasteiger partial charge is 0.484 e. The number of carbonyl (C=O) groups is 1. The van der Waals surface area contributed by atoms with Crippen molar-refractivity contribution in [1.29, 1.82) is 0 Å². The summed E-state index contributed by atoms with van der Waals surface area (Å²) in [5.74, 6) is -0.0700. The molecule has 0 spiro atoms. The Balaban J connectivity index is 1.78. The molecule has 0 aliphatic heterocycles. The lowest BCUT2D eigenvalue weighted by molar-refractivity contribution is -0.384. The van der Waals surface area contributed by atoms with Crippen molar-refractivity contribution in [2.24, 2.45) is 5.10 Å². The summed E-state index contributed by atoms with van der Waals surface area (Å²) in [5, 5.41) is 14.3. The Morgan fingerprint density at radius 3 is 2.48 bits per heavy atom. The molecule has 0 saturated heterocycles. The van der Waals surface area contributed by atoms with Crippen molar-refractivity contribution >= 4 is 33.7 Å². The topological polar surface area (TPSA) is 93.8 Å². The van der Waals surface area contributed by atoms with Gasteiger partial charge < -0.3 is 4.74 Å². The van der Waals surface area contributed by atoms with Crippen LogP contribution in [0.1, 0.15) is 5.56 Å². The molecule has 0 aliphatic carbocycles. The number of nitro groups is 1. The van der Waals surface area contributed by atoms with E-state index < -0.39 is 10.8 Å². The van der Waals surface area contributed by atoms with Crippen molar-refractivity contribution in [1.82, 2.24) is 5.43 Å². The molecule has 0 fully saturated rings. The van der Waals surface area contributed by atoms with Gasteiger partial charge in [-0.15, -0.1) is 0 Å². The van der Waals surface area contributed by atoms with Gasteiger partial charge in [-0.25, -0.2) is 5.43 Å². The standard InChI is InChI=1S/C15H12BrN3O4/c16-12-3-1-11(2-4-12)9-17-18-15(20)10-23-14-7-5-13(6-8-14)19(21)22/h1-9H,10H2,(H,18,20)/b17-9+. The second-order valence-corrected chi connectivity index (χ2v) is 5.30. The van der Waals surface area contributed by atoms with Gasteiger partial charge in [0.2, 0.25) is 0 Å². The average Bonchev–Trinajstić information content (AvgIpc) is 2.55. The first-order valence-electron chi connectivity index (χ1n) is 6.49. The number of ether oxygens (including phenoxy) is 1. The number of benzene rings is 2. The normalized spacial score (nSPS) is 10.5. The van der Waals surface area contributed by atoms with Crippen LogP contribution in [0.5, 0.6) is 5.75 Å². The van der Waals surface area contributed by atoms with Crippen LogP contribution in [0.3, 0.4) is 0 Å². The van der Waals surface area contributed by atoms with Crippen molar-refractivity contribution in [2.45, 2.75) is 0 Å². The molecule has 118 valence electrons. The maximum absolute atomic E-state index is 11.6. The molecular weight excluding hydrogens is 366 g/mol. The van der Waals surface area contributed by atoms with Crippen LogP contribution < -0.4 is 10.2 Å². The molecule has 1 amide bonds. The molecule has 23 heavy (non-hydrogen) atoms. The summed E-state index contributed by atoms with van der Waals surface area (Å²) >= 11 is 3.32. The lowest BCUT2D eigenvalue weighted by atomic mass is 10.2. The van der Waals surface area contributed by atoms with Crippen LogP contribution in [-0.2, 0) is 4.79 Å². The second-order valence-electron chi connectivity index (χ2n) is 4.38. The average molecular weight is 378 g/mol. The fraction of sp³-hybridized carbons (Fsp3) is 0.0667. The molecule has 0 heterocycles. The quantitative estimate of drug-likeness (QED) is 0.475. The first-order chi connectivity index (χ1) is 11.0. The van der Waals surface area contributed by atoms with E-state index in [0.717, 1.165) is 10.0 Å². The molecule has 0 aliphatic rings. The lowest BCUT2D eigenvalue weighted by Crippen LogP contribution is -2.24. The lowest BCUT2D eigenvalue weighted by Gasteiger charge is -2.04. The molecule has 0 aromatic heterocycles. The summed E-state index contributed by atoms with van der Waals surface area (Å²) in [5.41, 5.74) is 3.13. The Morgan fingerprint density at radius 1 is 1.22 bits per heavy atom. The molecule has 7 nitrogen and oxygen atoms in total. The van der Waals surface area contributed by atoms with E-state index in [4.69, 9.17) is 4.74 Å². The molecule has 1 N–H and O–H groups in total. The van der Waals surface area contributed by atoms with E-state index in [2.05, 4.69) is 26.5 Å². The van der Waals surface area contributed by atoms with Gasteiger partial charge in [-0.1, -0.05) is 28.1 Å². The molecule has 0 unspecified atom stereocenters. The second kappa shape index (κ2) is 8.04. The third-order valence-corrected chi connectivity index (χ3v) is 3.22. The number of nitrogens with one attached hydrogen (secondary N) is 1. The van der Waals surface area contributed by atoms with Gasteiger partial charge in [0.25, 0.3) is 11.6 Å². The van der Waals surface area contributed by atoms with E-state index in [1.807, 2.05) is 24.3 Å². The number of rotatable bonds is 6. The summed E-state index contributed by atoms with van der Waals surface area (Å²) in [6, 6.07) is 12.9. The van der Waals surface area contributed by atoms with Crippen LogP contribution in [0.4, 0.5) is 5.69 Å². The SMILES string of the molecule is O=C(COc1ccc([N+](=O)[O-])cc1)N/N=C/c1ccc(Br)cc1. The minimum Gasteiger partial charge on any atom is -0.484 e. The highest BCUT2D eigenvalue weighted by atomic mass is 79.9. The van der Waals surface area contributed by atoms with Crippen LogP contribution in [-0.4, -0.2) is 23.7 Å². The van der Waals surface area contributed by atoms with Crippen LogP contribution in [0, 0.1) is 10.1 Å². The molecule has 2 aromatic carbocycles. The van der Waals surface area contributed by atoms with Crippen LogP contribution in [0.2, 0.25) is 0 Å². The third-order valence-electron chi connectivity index (χ3n) is 2.69. The monoisotopic (exact) mass is 377 g/mol. The van der Waals surface area contributed by atoms with Crippen molar-refractivity contribution in [3.05, 3.63) is 68.7 Å². The maximum atomic E-state index is 11.6. The van der Waals surface area contributed by atoms with Gasteiger partial charge in [0.1, 0.15) is 5.75 Å². The molecule has 0 radical (unpaired) electrons. The van der Waals surface area contributed by atoms with Crippen molar-refractivity contribution in [3.8, 4) is 5.75 Å². The summed E-state index contributed by atoms with van der Waals surface area (Å²) in [7, 11) is 0. The number of amides is 1. The van der Waals surface area contributed by atoms with E-state index in [1.54, 1.807) is 0 Å². The highest BCUT2D eigenvalue weighted by Gasteiger charge is 2.06. The number of hydrogen-bond donors (Lipinski definition) is 1. The number of nitro benzene ring substituents is 1. The smallest absolute Gasteiger partial charge is 0.277 e. The fourth-order valence-electron chi connectivity index (χ4n) is 1.57. The zero-order valence-corrected chi connectivity index (χ0v) is 13.4. The summed E-state index contributed by atoms with van der Waals surface area (Å²) < 4.78 is 6.16. The summed E-state index contributed by atoms with van der Waals surface area (Å²) in [6.07, 6.45) is 1.51. The maximum Gasteiger partial charge on any atom is 0.277 e. The predicted octanol–water partition coefficient (Wildman–Crippen LogP) is 2.89. The minimum atomic E-state index is -0.507. The number of non-ortho nitro benzene ring substituents is 1. The molecule has 0 saturated carbocycles. The summed E-state index contributed by atoms with van der Waals surface area (Å²) in [4.78, 5) is 21.6. The molecular formula is C15H12BrN3O4. The number of nitrogens with zero attached hydrogens (tertiary/aromatic N) is 2. The van der Waals surface area contributed by atoms with Crippen molar-refractivity contribution < 1.29 is 14.5 Å². The van der Waals surface area contributed by atoms with E-state index in [1.165, 1.54) is 30.5 Å².